The van der Waals surface area contributed by atoms with Crippen molar-refractivity contribution < 1.29 is 22.6 Å². The summed E-state index contributed by atoms with van der Waals surface area (Å²) in [6.45, 7) is -4.93. The van der Waals surface area contributed by atoms with E-state index in [0.717, 1.165) is 12.1 Å². The maximum atomic E-state index is 11.9. The van der Waals surface area contributed by atoms with Crippen molar-refractivity contribution in [1.82, 2.24) is 0 Å². The molecule has 16 heavy (non-hydrogen) atoms. The lowest BCUT2D eigenvalue weighted by Gasteiger charge is -2.15. The van der Waals surface area contributed by atoms with Crippen LogP contribution in [0.2, 0.25) is 0 Å². The highest BCUT2D eigenvalue weighted by Gasteiger charge is 2.24. The molecule has 0 spiro atoms. The smallest absolute Gasteiger partial charge is 0.515 e. The molecule has 0 amide bonds. The summed E-state index contributed by atoms with van der Waals surface area (Å²) in [5, 5.41) is 10.4. The second-order valence-corrected chi connectivity index (χ2v) is 3.23. The second kappa shape index (κ2) is 4.42. The normalized spacial score (nSPS) is 11.2. The molecule has 88 valence electrons. The zero-order valence-corrected chi connectivity index (χ0v) is 8.32. The summed E-state index contributed by atoms with van der Waals surface area (Å²) in [5.41, 5.74) is 0.113. The number of nitro benzene ring substituents is 1. The first-order chi connectivity index (χ1) is 7.29. The number of hydrogen-bond acceptors (Lipinski definition) is 3. The Balaban J connectivity index is 2.78. The van der Waals surface area contributed by atoms with Crippen LogP contribution in [-0.4, -0.2) is 18.4 Å². The number of aryl methyl sites for hydroxylation is 1. The van der Waals surface area contributed by atoms with Crippen molar-refractivity contribution in [2.24, 2.45) is 0 Å². The van der Waals surface area contributed by atoms with Crippen LogP contribution in [0.3, 0.4) is 0 Å². The van der Waals surface area contributed by atoms with Gasteiger partial charge in [-0.1, -0.05) is 0 Å². The van der Waals surface area contributed by atoms with Crippen LogP contribution in [0.25, 0.3) is 0 Å². The zero-order chi connectivity index (χ0) is 12.3. The Morgan fingerprint density at radius 1 is 1.44 bits per heavy atom. The summed E-state index contributed by atoms with van der Waals surface area (Å²) >= 11 is 0. The first-order valence-electron chi connectivity index (χ1n) is 4.38. The Kier molecular flexibility index (Phi) is 3.41. The minimum Gasteiger partial charge on any atom is -0.522 e. The van der Waals surface area contributed by atoms with E-state index in [2.05, 4.69) is 4.74 Å². The van der Waals surface area contributed by atoms with Crippen LogP contribution in [0.15, 0.2) is 18.2 Å². The summed E-state index contributed by atoms with van der Waals surface area (Å²) < 4.78 is 40.1. The first-order valence-corrected chi connectivity index (χ1v) is 4.38. The van der Waals surface area contributed by atoms with Crippen LogP contribution in [0, 0.1) is 17.0 Å². The molecule has 1 rings (SSSR count). The summed E-state index contributed by atoms with van der Waals surface area (Å²) in [6.07, 6.45) is 0. The number of nitrogens with zero attached hydrogens (tertiary/aromatic N) is 1. The standard InChI is InChI=1S/C8H8BF3NO3/c1-6-4-7(16-5-9(10,11)12)2-3-8(6)13(14)15/h2-4H,5H2,1H3/q-1. The van der Waals surface area contributed by atoms with Crippen molar-refractivity contribution in [3.63, 3.8) is 0 Å². The van der Waals surface area contributed by atoms with E-state index in [1.807, 2.05) is 0 Å². The fourth-order valence-corrected chi connectivity index (χ4v) is 1.11. The van der Waals surface area contributed by atoms with Crippen molar-refractivity contribution in [1.29, 1.82) is 0 Å². The average molecular weight is 234 g/mol. The van der Waals surface area contributed by atoms with E-state index in [0.29, 0.717) is 0 Å². The number of benzene rings is 1. The number of nitro groups is 1. The molecular weight excluding hydrogens is 226 g/mol. The molecule has 0 bridgehead atoms. The fourth-order valence-electron chi connectivity index (χ4n) is 1.11. The quantitative estimate of drug-likeness (QED) is 0.457. The van der Waals surface area contributed by atoms with Crippen molar-refractivity contribution in [2.75, 3.05) is 6.51 Å². The van der Waals surface area contributed by atoms with Gasteiger partial charge >= 0.3 is 6.98 Å². The molecule has 8 heteroatoms. The van der Waals surface area contributed by atoms with E-state index in [4.69, 9.17) is 0 Å². The lowest BCUT2D eigenvalue weighted by Crippen LogP contribution is -2.26. The van der Waals surface area contributed by atoms with Gasteiger partial charge in [0.1, 0.15) is 5.75 Å². The molecule has 0 aliphatic heterocycles. The van der Waals surface area contributed by atoms with E-state index in [-0.39, 0.29) is 17.0 Å². The van der Waals surface area contributed by atoms with Gasteiger partial charge in [-0.05, 0) is 19.1 Å². The SMILES string of the molecule is Cc1cc(OC[B-](F)(F)F)ccc1[N+](=O)[O-]. The van der Waals surface area contributed by atoms with Gasteiger partial charge in [0.25, 0.3) is 5.69 Å². The maximum absolute atomic E-state index is 11.9. The fraction of sp³-hybridized carbons (Fsp3) is 0.250. The van der Waals surface area contributed by atoms with Crippen LogP contribution >= 0.6 is 0 Å². The second-order valence-electron chi connectivity index (χ2n) is 3.23. The van der Waals surface area contributed by atoms with Gasteiger partial charge in [-0.3, -0.25) is 10.1 Å². The molecule has 0 fully saturated rings. The Labute approximate surface area is 89.2 Å². The molecular formula is C8H8BF3NO3-. The number of hydrogen-bond donors (Lipinski definition) is 0. The molecule has 0 atom stereocenters. The van der Waals surface area contributed by atoms with Gasteiger partial charge in [0.05, 0.1) is 11.4 Å². The molecule has 0 N–H and O–H groups in total. The zero-order valence-electron chi connectivity index (χ0n) is 8.32. The highest BCUT2D eigenvalue weighted by molar-refractivity contribution is 6.58. The van der Waals surface area contributed by atoms with E-state index < -0.39 is 18.4 Å². The number of halogens is 3. The van der Waals surface area contributed by atoms with Crippen molar-refractivity contribution in [2.45, 2.75) is 6.92 Å². The van der Waals surface area contributed by atoms with Gasteiger partial charge in [0, 0.05) is 11.6 Å². The van der Waals surface area contributed by atoms with E-state index in [1.165, 1.54) is 13.0 Å². The molecule has 4 nitrogen and oxygen atoms in total. The molecule has 0 unspecified atom stereocenters. The lowest BCUT2D eigenvalue weighted by molar-refractivity contribution is -0.385. The summed E-state index contributed by atoms with van der Waals surface area (Å²) in [5.74, 6) is -0.0256. The predicted octanol–water partition coefficient (Wildman–Crippen LogP) is 2.67. The van der Waals surface area contributed by atoms with E-state index in [1.54, 1.807) is 0 Å². The predicted molar refractivity (Wildman–Crippen MR) is 52.4 cm³/mol. The third-order valence-electron chi connectivity index (χ3n) is 1.80. The highest BCUT2D eigenvalue weighted by atomic mass is 19.4. The van der Waals surface area contributed by atoms with Crippen LogP contribution in [0.1, 0.15) is 5.56 Å². The summed E-state index contributed by atoms with van der Waals surface area (Å²) in [7, 11) is 0. The largest absolute Gasteiger partial charge is 0.522 e. The highest BCUT2D eigenvalue weighted by Crippen LogP contribution is 2.23. The molecule has 0 saturated heterocycles. The van der Waals surface area contributed by atoms with E-state index in [9.17, 15) is 23.1 Å². The van der Waals surface area contributed by atoms with Crippen LogP contribution < -0.4 is 4.74 Å². The minimum absolute atomic E-state index is 0.0256. The summed E-state index contributed by atoms with van der Waals surface area (Å²) in [6, 6.07) is 3.47. The Morgan fingerprint density at radius 3 is 2.50 bits per heavy atom. The average Bonchev–Trinajstić information content (AvgIpc) is 2.13. The van der Waals surface area contributed by atoms with Gasteiger partial charge in [0.2, 0.25) is 0 Å². The van der Waals surface area contributed by atoms with Crippen LogP contribution in [0.5, 0.6) is 5.75 Å². The molecule has 0 aliphatic carbocycles. The van der Waals surface area contributed by atoms with Gasteiger partial charge in [-0.25, -0.2) is 0 Å². The summed E-state index contributed by atoms with van der Waals surface area (Å²) in [4.78, 5) is 9.83. The third kappa shape index (κ3) is 3.45. The van der Waals surface area contributed by atoms with Crippen LogP contribution in [0.4, 0.5) is 18.6 Å². The van der Waals surface area contributed by atoms with Crippen molar-refractivity contribution in [3.05, 3.63) is 33.9 Å². The Morgan fingerprint density at radius 2 is 2.06 bits per heavy atom. The molecule has 0 aromatic heterocycles. The lowest BCUT2D eigenvalue weighted by atomic mass is 9.95. The van der Waals surface area contributed by atoms with Crippen molar-refractivity contribution in [3.8, 4) is 5.75 Å². The molecule has 0 saturated carbocycles. The maximum Gasteiger partial charge on any atom is 0.515 e. The molecule has 1 aromatic carbocycles. The third-order valence-corrected chi connectivity index (χ3v) is 1.80. The molecule has 1 aromatic rings. The van der Waals surface area contributed by atoms with Gasteiger partial charge in [-0.15, -0.1) is 0 Å². The molecule has 0 aliphatic rings. The molecule has 0 heterocycles. The Bertz CT molecular complexity index is 408. The minimum atomic E-state index is -5.02. The molecule has 0 radical (unpaired) electrons. The van der Waals surface area contributed by atoms with Gasteiger partial charge in [0.15, 0.2) is 0 Å². The van der Waals surface area contributed by atoms with Crippen LogP contribution in [-0.2, 0) is 0 Å². The topological polar surface area (TPSA) is 52.4 Å². The van der Waals surface area contributed by atoms with Gasteiger partial charge < -0.3 is 17.7 Å². The number of rotatable bonds is 4. The Hall–Kier alpha value is -1.73. The van der Waals surface area contributed by atoms with Gasteiger partial charge in [-0.2, -0.15) is 0 Å². The van der Waals surface area contributed by atoms with Crippen molar-refractivity contribution >= 4 is 12.7 Å². The van der Waals surface area contributed by atoms with E-state index >= 15 is 0 Å². The monoisotopic (exact) mass is 234 g/mol. The first kappa shape index (κ1) is 12.3. The number of ether oxygens (including phenoxy) is 1.